The zero-order valence-electron chi connectivity index (χ0n) is 14.1. The van der Waals surface area contributed by atoms with Crippen molar-refractivity contribution in [1.82, 2.24) is 9.80 Å². The van der Waals surface area contributed by atoms with Crippen LogP contribution in [0.25, 0.3) is 0 Å². The molecule has 2 saturated heterocycles. The summed E-state index contributed by atoms with van der Waals surface area (Å²) in [5.41, 5.74) is 1.01. The third kappa shape index (κ3) is 3.96. The van der Waals surface area contributed by atoms with Gasteiger partial charge in [-0.2, -0.15) is 0 Å². The topological polar surface area (TPSA) is 60.9 Å². The normalized spacial score (nSPS) is 24.9. The molecule has 1 aromatic rings. The molecule has 1 amide bonds. The van der Waals surface area contributed by atoms with Crippen LogP contribution in [0.1, 0.15) is 37.2 Å². The van der Waals surface area contributed by atoms with E-state index in [9.17, 15) is 14.7 Å². The van der Waals surface area contributed by atoms with Crippen LogP contribution >= 0.6 is 0 Å². The Labute approximate surface area is 143 Å². The number of hydrogen-bond donors (Lipinski definition) is 1. The Bertz CT molecular complexity index is 569. The largest absolute Gasteiger partial charge is 0.481 e. The number of carbonyl (C=O) groups excluding carboxylic acids is 1. The van der Waals surface area contributed by atoms with Gasteiger partial charge in [0, 0.05) is 32.0 Å². The van der Waals surface area contributed by atoms with Crippen LogP contribution in [0.4, 0.5) is 0 Å². The molecule has 130 valence electrons. The van der Waals surface area contributed by atoms with E-state index in [1.165, 1.54) is 19.3 Å². The van der Waals surface area contributed by atoms with Gasteiger partial charge in [-0.3, -0.25) is 9.59 Å². The maximum atomic E-state index is 12.5. The highest BCUT2D eigenvalue weighted by molar-refractivity contribution is 5.79. The van der Waals surface area contributed by atoms with E-state index < -0.39 is 11.9 Å². The Morgan fingerprint density at radius 1 is 1.04 bits per heavy atom. The molecule has 0 aliphatic carbocycles. The molecular weight excluding hydrogens is 304 g/mol. The summed E-state index contributed by atoms with van der Waals surface area (Å²) in [5, 5.41) is 9.53. The Balaban J connectivity index is 1.60. The monoisotopic (exact) mass is 330 g/mol. The number of rotatable bonds is 5. The minimum Gasteiger partial charge on any atom is -0.481 e. The first-order chi connectivity index (χ1) is 11.6. The minimum absolute atomic E-state index is 0.0882. The van der Waals surface area contributed by atoms with Crippen LogP contribution in [-0.2, 0) is 9.59 Å². The van der Waals surface area contributed by atoms with Gasteiger partial charge < -0.3 is 14.9 Å². The van der Waals surface area contributed by atoms with E-state index in [1.54, 1.807) is 4.90 Å². The molecule has 0 saturated carbocycles. The molecule has 5 nitrogen and oxygen atoms in total. The maximum Gasteiger partial charge on any atom is 0.308 e. The molecule has 5 heteroatoms. The second kappa shape index (κ2) is 7.79. The fourth-order valence-electron chi connectivity index (χ4n) is 3.89. The summed E-state index contributed by atoms with van der Waals surface area (Å²) in [6.07, 6.45) is 4.22. The van der Waals surface area contributed by atoms with E-state index in [0.29, 0.717) is 19.5 Å². The summed E-state index contributed by atoms with van der Waals surface area (Å²) in [6.45, 7) is 3.80. The quantitative estimate of drug-likeness (QED) is 0.899. The Morgan fingerprint density at radius 2 is 1.75 bits per heavy atom. The second-order valence-electron chi connectivity index (χ2n) is 6.91. The van der Waals surface area contributed by atoms with Crippen LogP contribution in [-0.4, -0.2) is 59.5 Å². The molecule has 1 N–H and O–H groups in total. The van der Waals surface area contributed by atoms with Gasteiger partial charge >= 0.3 is 5.97 Å². The number of aliphatic carboxylic acids is 1. The fourth-order valence-corrected chi connectivity index (χ4v) is 3.89. The van der Waals surface area contributed by atoms with Crippen molar-refractivity contribution in [2.24, 2.45) is 5.92 Å². The van der Waals surface area contributed by atoms with Gasteiger partial charge in [0.25, 0.3) is 0 Å². The highest BCUT2D eigenvalue weighted by atomic mass is 16.4. The van der Waals surface area contributed by atoms with Crippen molar-refractivity contribution in [3.05, 3.63) is 35.9 Å². The van der Waals surface area contributed by atoms with Gasteiger partial charge in [0.2, 0.25) is 5.91 Å². The molecule has 2 fully saturated rings. The van der Waals surface area contributed by atoms with E-state index in [0.717, 1.165) is 25.2 Å². The Hall–Kier alpha value is -1.88. The first-order valence-electron chi connectivity index (χ1n) is 8.93. The summed E-state index contributed by atoms with van der Waals surface area (Å²) in [7, 11) is 0. The molecule has 1 aromatic carbocycles. The molecule has 0 unspecified atom stereocenters. The Morgan fingerprint density at radius 3 is 2.42 bits per heavy atom. The first kappa shape index (κ1) is 17.0. The van der Waals surface area contributed by atoms with Crippen molar-refractivity contribution in [2.75, 3.05) is 32.7 Å². The van der Waals surface area contributed by atoms with Gasteiger partial charge in [0.1, 0.15) is 0 Å². The van der Waals surface area contributed by atoms with Crippen molar-refractivity contribution in [2.45, 2.75) is 31.6 Å². The summed E-state index contributed by atoms with van der Waals surface area (Å²) < 4.78 is 0. The number of nitrogens with zero attached hydrogens (tertiary/aromatic N) is 2. The van der Waals surface area contributed by atoms with Gasteiger partial charge in [-0.15, -0.1) is 0 Å². The molecule has 3 rings (SSSR count). The van der Waals surface area contributed by atoms with Crippen LogP contribution in [0.2, 0.25) is 0 Å². The van der Waals surface area contributed by atoms with Gasteiger partial charge in [-0.1, -0.05) is 36.8 Å². The molecule has 0 bridgehead atoms. The van der Waals surface area contributed by atoms with Gasteiger partial charge in [-0.25, -0.2) is 0 Å². The van der Waals surface area contributed by atoms with Crippen LogP contribution in [0.5, 0.6) is 0 Å². The highest BCUT2D eigenvalue weighted by Crippen LogP contribution is 2.33. The van der Waals surface area contributed by atoms with Crippen molar-refractivity contribution in [3.63, 3.8) is 0 Å². The number of carboxylic acid groups (broad SMARTS) is 1. The SMILES string of the molecule is O=C(O)[C@@H]1CN(C(=O)CCN2CCCCC2)C[C@H]1c1ccccc1. The predicted octanol–water partition coefficient (Wildman–Crippen LogP) is 2.19. The van der Waals surface area contributed by atoms with Gasteiger partial charge in [0.15, 0.2) is 0 Å². The summed E-state index contributed by atoms with van der Waals surface area (Å²) in [4.78, 5) is 28.3. The molecule has 2 atom stereocenters. The van der Waals surface area contributed by atoms with E-state index in [2.05, 4.69) is 4.90 Å². The maximum absolute atomic E-state index is 12.5. The van der Waals surface area contributed by atoms with Crippen LogP contribution < -0.4 is 0 Å². The van der Waals surface area contributed by atoms with Crippen molar-refractivity contribution < 1.29 is 14.7 Å². The molecule has 24 heavy (non-hydrogen) atoms. The molecular formula is C19H26N2O3. The van der Waals surface area contributed by atoms with Crippen LogP contribution in [0.15, 0.2) is 30.3 Å². The lowest BCUT2D eigenvalue weighted by molar-refractivity contribution is -0.141. The number of benzene rings is 1. The minimum atomic E-state index is -0.810. The third-order valence-corrected chi connectivity index (χ3v) is 5.31. The zero-order chi connectivity index (χ0) is 16.9. The molecule has 0 spiro atoms. The number of amides is 1. The lowest BCUT2D eigenvalue weighted by Crippen LogP contribution is -2.36. The average Bonchev–Trinajstić information content (AvgIpc) is 3.07. The van der Waals surface area contributed by atoms with Crippen molar-refractivity contribution in [1.29, 1.82) is 0 Å². The number of carboxylic acids is 1. The number of hydrogen-bond acceptors (Lipinski definition) is 3. The summed E-state index contributed by atoms with van der Waals surface area (Å²) in [6, 6.07) is 9.70. The molecule has 2 aliphatic heterocycles. The second-order valence-corrected chi connectivity index (χ2v) is 6.91. The number of piperidine rings is 1. The molecule has 0 radical (unpaired) electrons. The lowest BCUT2D eigenvalue weighted by atomic mass is 9.89. The molecule has 2 heterocycles. The van der Waals surface area contributed by atoms with E-state index >= 15 is 0 Å². The van der Waals surface area contributed by atoms with E-state index in [4.69, 9.17) is 0 Å². The predicted molar refractivity (Wildman–Crippen MR) is 91.8 cm³/mol. The summed E-state index contributed by atoms with van der Waals surface area (Å²) >= 11 is 0. The van der Waals surface area contributed by atoms with Crippen LogP contribution in [0.3, 0.4) is 0 Å². The highest BCUT2D eigenvalue weighted by Gasteiger charge is 2.40. The third-order valence-electron chi connectivity index (χ3n) is 5.31. The average molecular weight is 330 g/mol. The van der Waals surface area contributed by atoms with Crippen molar-refractivity contribution in [3.8, 4) is 0 Å². The zero-order valence-corrected chi connectivity index (χ0v) is 14.1. The van der Waals surface area contributed by atoms with Gasteiger partial charge in [0.05, 0.1) is 5.92 Å². The standard InChI is InChI=1S/C19H26N2O3/c22-18(9-12-20-10-5-2-6-11-20)21-13-16(17(14-21)19(23)24)15-7-3-1-4-8-15/h1,3-4,7-8,16-17H,2,5-6,9-14H2,(H,23,24)/t16-,17+/m0/s1. The number of carbonyl (C=O) groups is 2. The smallest absolute Gasteiger partial charge is 0.308 e. The van der Waals surface area contributed by atoms with E-state index in [1.807, 2.05) is 30.3 Å². The Kier molecular flexibility index (Phi) is 5.51. The van der Waals surface area contributed by atoms with Gasteiger partial charge in [-0.05, 0) is 31.5 Å². The summed E-state index contributed by atoms with van der Waals surface area (Å²) in [5.74, 6) is -1.34. The molecule has 2 aliphatic rings. The first-order valence-corrected chi connectivity index (χ1v) is 8.93. The number of likely N-dealkylation sites (tertiary alicyclic amines) is 2. The fraction of sp³-hybridized carbons (Fsp3) is 0.579. The van der Waals surface area contributed by atoms with Crippen molar-refractivity contribution >= 4 is 11.9 Å². The van der Waals surface area contributed by atoms with E-state index in [-0.39, 0.29) is 11.8 Å². The lowest BCUT2D eigenvalue weighted by Gasteiger charge is -2.27. The molecule has 0 aromatic heterocycles. The van der Waals surface area contributed by atoms with Crippen LogP contribution in [0, 0.1) is 5.92 Å².